The molecule has 1 aliphatic heterocycles. The Kier molecular flexibility index (Phi) is 9.22. The molecule has 0 aliphatic carbocycles. The monoisotopic (exact) mass is 472 g/mol. The number of nitrogens with zero attached hydrogens (tertiary/aromatic N) is 1. The molecular formula is C23H25ClN4O5. The van der Waals surface area contributed by atoms with Crippen LogP contribution in [0.25, 0.3) is 0 Å². The summed E-state index contributed by atoms with van der Waals surface area (Å²) in [7, 11) is 0. The molecule has 0 saturated carbocycles. The van der Waals surface area contributed by atoms with Crippen LogP contribution in [-0.4, -0.2) is 49.8 Å². The van der Waals surface area contributed by atoms with E-state index >= 15 is 0 Å². The number of benzene rings is 2. The molecule has 3 rings (SSSR count). The summed E-state index contributed by atoms with van der Waals surface area (Å²) in [6.45, 7) is 1.33. The fourth-order valence-corrected chi connectivity index (χ4v) is 3.09. The van der Waals surface area contributed by atoms with Crippen LogP contribution in [0.5, 0.6) is 5.75 Å². The number of halogens is 1. The van der Waals surface area contributed by atoms with Crippen molar-refractivity contribution in [2.75, 3.05) is 19.8 Å². The van der Waals surface area contributed by atoms with E-state index in [-0.39, 0.29) is 25.2 Å². The van der Waals surface area contributed by atoms with E-state index in [1.165, 1.54) is 6.21 Å². The fourth-order valence-electron chi connectivity index (χ4n) is 2.96. The maximum absolute atomic E-state index is 11.8. The van der Waals surface area contributed by atoms with Gasteiger partial charge in [-0.25, -0.2) is 5.43 Å². The molecule has 0 radical (unpaired) electrons. The van der Waals surface area contributed by atoms with Crippen molar-refractivity contribution >= 4 is 35.5 Å². The number of carbonyl (C=O) groups excluding carboxylic acids is 3. The second-order valence-electron chi connectivity index (χ2n) is 7.31. The zero-order valence-corrected chi connectivity index (χ0v) is 18.6. The van der Waals surface area contributed by atoms with Gasteiger partial charge in [0, 0.05) is 24.7 Å². The number of ether oxygens (including phenoxy) is 2. The molecule has 1 atom stereocenters. The molecule has 33 heavy (non-hydrogen) atoms. The third kappa shape index (κ3) is 8.55. The Morgan fingerprint density at radius 3 is 2.52 bits per heavy atom. The molecular weight excluding hydrogens is 448 g/mol. The van der Waals surface area contributed by atoms with Crippen LogP contribution >= 0.6 is 11.6 Å². The van der Waals surface area contributed by atoms with Gasteiger partial charge >= 0.3 is 11.8 Å². The summed E-state index contributed by atoms with van der Waals surface area (Å²) in [4.78, 5) is 35.5. The summed E-state index contributed by atoms with van der Waals surface area (Å²) in [5.41, 5.74) is 3.66. The van der Waals surface area contributed by atoms with Crippen molar-refractivity contribution in [3.63, 3.8) is 0 Å². The first kappa shape index (κ1) is 24.2. The van der Waals surface area contributed by atoms with Crippen LogP contribution in [0.1, 0.15) is 24.0 Å². The minimum atomic E-state index is -0.880. The number of carbonyl (C=O) groups is 3. The molecule has 1 heterocycles. The number of rotatable bonds is 9. The molecule has 174 valence electrons. The van der Waals surface area contributed by atoms with Crippen LogP contribution in [0.15, 0.2) is 53.6 Å². The highest BCUT2D eigenvalue weighted by Gasteiger charge is 2.16. The van der Waals surface area contributed by atoms with Gasteiger partial charge < -0.3 is 20.1 Å². The van der Waals surface area contributed by atoms with Gasteiger partial charge in [-0.2, -0.15) is 5.10 Å². The molecule has 0 unspecified atom stereocenters. The molecule has 1 saturated heterocycles. The Morgan fingerprint density at radius 1 is 1.06 bits per heavy atom. The van der Waals surface area contributed by atoms with Crippen molar-refractivity contribution in [3.8, 4) is 5.75 Å². The van der Waals surface area contributed by atoms with Gasteiger partial charge in [0.2, 0.25) is 0 Å². The highest BCUT2D eigenvalue weighted by atomic mass is 35.5. The van der Waals surface area contributed by atoms with Gasteiger partial charge in [0.15, 0.2) is 6.61 Å². The molecule has 9 nitrogen and oxygen atoms in total. The molecule has 2 aromatic rings. The number of hydrogen-bond acceptors (Lipinski definition) is 6. The molecule has 10 heteroatoms. The number of amides is 3. The summed E-state index contributed by atoms with van der Waals surface area (Å²) in [5, 5.41) is 9.65. The summed E-state index contributed by atoms with van der Waals surface area (Å²) in [5.74, 6) is -1.38. The van der Waals surface area contributed by atoms with E-state index in [0.29, 0.717) is 22.9 Å². The van der Waals surface area contributed by atoms with E-state index in [0.717, 1.165) is 25.0 Å². The third-order valence-electron chi connectivity index (χ3n) is 4.75. The first-order chi connectivity index (χ1) is 16.0. The average Bonchev–Trinajstić information content (AvgIpc) is 3.35. The molecule has 0 aromatic heterocycles. The van der Waals surface area contributed by atoms with Crippen molar-refractivity contribution in [1.29, 1.82) is 0 Å². The molecule has 3 amide bonds. The summed E-state index contributed by atoms with van der Waals surface area (Å²) in [6, 6.07) is 13.7. The second kappa shape index (κ2) is 12.6. The van der Waals surface area contributed by atoms with Crippen LogP contribution in [-0.2, 0) is 25.7 Å². The topological polar surface area (TPSA) is 118 Å². The predicted octanol–water partition coefficient (Wildman–Crippen LogP) is 1.78. The van der Waals surface area contributed by atoms with Crippen LogP contribution in [0.4, 0.5) is 0 Å². The van der Waals surface area contributed by atoms with Crippen LogP contribution in [0.3, 0.4) is 0 Å². The first-order valence-electron chi connectivity index (χ1n) is 10.5. The van der Waals surface area contributed by atoms with Gasteiger partial charge in [0.1, 0.15) is 5.75 Å². The minimum Gasteiger partial charge on any atom is -0.484 e. The summed E-state index contributed by atoms with van der Waals surface area (Å²) in [6.07, 6.45) is 3.46. The smallest absolute Gasteiger partial charge is 0.329 e. The third-order valence-corrected chi connectivity index (χ3v) is 5.01. The molecule has 3 N–H and O–H groups in total. The highest BCUT2D eigenvalue weighted by Crippen LogP contribution is 2.12. The minimum absolute atomic E-state index is 0.0857. The van der Waals surface area contributed by atoms with Crippen LogP contribution < -0.4 is 20.8 Å². The molecule has 1 fully saturated rings. The van der Waals surface area contributed by atoms with Gasteiger partial charge in [0.05, 0.1) is 12.3 Å². The SMILES string of the molecule is O=C(COc1ccc(/C=N\NC(=O)C(=O)NCc2ccc(Cl)cc2)cc1)NC[C@H]1CCCO1. The van der Waals surface area contributed by atoms with Gasteiger partial charge in [-0.1, -0.05) is 23.7 Å². The Balaban J connectivity index is 1.34. The molecule has 0 spiro atoms. The zero-order chi connectivity index (χ0) is 23.5. The van der Waals surface area contributed by atoms with Gasteiger partial charge in [-0.15, -0.1) is 0 Å². The molecule has 0 bridgehead atoms. The van der Waals surface area contributed by atoms with E-state index in [1.807, 2.05) is 0 Å². The largest absolute Gasteiger partial charge is 0.484 e. The Labute approximate surface area is 196 Å². The Bertz CT molecular complexity index is 973. The molecule has 2 aromatic carbocycles. The maximum Gasteiger partial charge on any atom is 0.329 e. The lowest BCUT2D eigenvalue weighted by atomic mass is 10.2. The van der Waals surface area contributed by atoms with Crippen molar-refractivity contribution in [2.45, 2.75) is 25.5 Å². The Hall–Kier alpha value is -3.43. The predicted molar refractivity (Wildman–Crippen MR) is 123 cm³/mol. The van der Waals surface area contributed by atoms with E-state index in [2.05, 4.69) is 21.2 Å². The lowest BCUT2D eigenvalue weighted by molar-refractivity contribution is -0.139. The quantitative estimate of drug-likeness (QED) is 0.292. The molecule has 1 aliphatic rings. The van der Waals surface area contributed by atoms with Gasteiger partial charge in [0.25, 0.3) is 5.91 Å². The summed E-state index contributed by atoms with van der Waals surface area (Å²) < 4.78 is 10.9. The maximum atomic E-state index is 11.8. The van der Waals surface area contributed by atoms with Gasteiger partial charge in [-0.05, 0) is 60.4 Å². The van der Waals surface area contributed by atoms with E-state index in [9.17, 15) is 14.4 Å². The number of nitrogens with one attached hydrogen (secondary N) is 3. The van der Waals surface area contributed by atoms with E-state index < -0.39 is 11.8 Å². The normalized spacial score (nSPS) is 15.2. The lowest BCUT2D eigenvalue weighted by Gasteiger charge is -2.11. The van der Waals surface area contributed by atoms with E-state index in [1.54, 1.807) is 48.5 Å². The fraction of sp³-hybridized carbons (Fsp3) is 0.304. The van der Waals surface area contributed by atoms with Crippen molar-refractivity contribution in [3.05, 3.63) is 64.7 Å². The van der Waals surface area contributed by atoms with E-state index in [4.69, 9.17) is 21.1 Å². The standard InChI is InChI=1S/C23H25ClN4O5/c24-18-7-3-16(4-8-18)12-26-22(30)23(31)28-27-13-17-5-9-19(10-6-17)33-15-21(29)25-14-20-2-1-11-32-20/h3-10,13,20H,1-2,11-12,14-15H2,(H,25,29)(H,26,30)(H,28,31)/b27-13-/t20-/m1/s1. The zero-order valence-electron chi connectivity index (χ0n) is 17.9. The van der Waals surface area contributed by atoms with Crippen molar-refractivity contribution < 1.29 is 23.9 Å². The average molecular weight is 473 g/mol. The summed E-state index contributed by atoms with van der Waals surface area (Å²) >= 11 is 5.81. The van der Waals surface area contributed by atoms with Gasteiger partial charge in [-0.3, -0.25) is 14.4 Å². The number of hydrazone groups is 1. The van der Waals surface area contributed by atoms with Crippen molar-refractivity contribution in [2.24, 2.45) is 5.10 Å². The highest BCUT2D eigenvalue weighted by molar-refractivity contribution is 6.35. The Morgan fingerprint density at radius 2 is 1.82 bits per heavy atom. The van der Waals surface area contributed by atoms with Crippen molar-refractivity contribution in [1.82, 2.24) is 16.1 Å². The van der Waals surface area contributed by atoms with Crippen LogP contribution in [0.2, 0.25) is 5.02 Å². The van der Waals surface area contributed by atoms with Crippen LogP contribution in [0, 0.1) is 0 Å². The first-order valence-corrected chi connectivity index (χ1v) is 10.8. The second-order valence-corrected chi connectivity index (χ2v) is 7.74. The number of hydrogen-bond donors (Lipinski definition) is 3. The lowest BCUT2D eigenvalue weighted by Crippen LogP contribution is -2.37.